The normalized spacial score (nSPS) is 20.6. The summed E-state index contributed by atoms with van der Waals surface area (Å²) in [4.78, 5) is 17.0. The van der Waals surface area contributed by atoms with Gasteiger partial charge in [-0.05, 0) is 74.1 Å². The van der Waals surface area contributed by atoms with Gasteiger partial charge in [0.25, 0.3) is 5.91 Å². The molecule has 1 aromatic rings. The second-order valence-corrected chi connectivity index (χ2v) is 11.4. The molecule has 7 heteroatoms. The van der Waals surface area contributed by atoms with E-state index in [-0.39, 0.29) is 5.91 Å². The number of hydrogen-bond acceptors (Lipinski definition) is 5. The molecule has 0 radical (unpaired) electrons. The summed E-state index contributed by atoms with van der Waals surface area (Å²) in [6, 6.07) is 7.20. The van der Waals surface area contributed by atoms with Gasteiger partial charge in [-0.2, -0.15) is 0 Å². The van der Waals surface area contributed by atoms with Crippen LogP contribution >= 0.6 is 0 Å². The fourth-order valence-electron chi connectivity index (χ4n) is 4.88. The quantitative estimate of drug-likeness (QED) is 0.742. The molecule has 168 valence electrons. The van der Waals surface area contributed by atoms with Crippen LogP contribution in [0.3, 0.4) is 0 Å². The maximum atomic E-state index is 12.4. The van der Waals surface area contributed by atoms with E-state index in [9.17, 15) is 18.3 Å². The van der Waals surface area contributed by atoms with Crippen LogP contribution in [0.4, 0.5) is 5.69 Å². The molecule has 1 amide bonds. The Kier molecular flexibility index (Phi) is 7.45. The number of carbonyl (C=O) groups excluding carboxylic acids is 1. The van der Waals surface area contributed by atoms with Gasteiger partial charge in [-0.3, -0.25) is 4.79 Å². The lowest BCUT2D eigenvalue weighted by Gasteiger charge is -2.41. The zero-order valence-electron chi connectivity index (χ0n) is 18.5. The fraction of sp³-hybridized carbons (Fsp3) is 0.696. The molecule has 0 aliphatic carbocycles. The largest absolute Gasteiger partial charge is 0.383 e. The standard InChI is InChI=1S/C23H36N2O4S/c1-17(2)16-22(26)23(27)25-14-10-19(11-15-25)18-8-12-24(13-9-18)20-4-6-21(7-5-20)30(3,28)29/h4-7,17-19,22,26H,8-16H2,1-3H3. The average Bonchev–Trinajstić information content (AvgIpc) is 2.72. The summed E-state index contributed by atoms with van der Waals surface area (Å²) in [5.74, 6) is 1.53. The van der Waals surface area contributed by atoms with E-state index < -0.39 is 15.9 Å². The molecule has 0 aromatic heterocycles. The van der Waals surface area contributed by atoms with Crippen LogP contribution in [0.2, 0.25) is 0 Å². The van der Waals surface area contributed by atoms with Gasteiger partial charge in [0.2, 0.25) is 0 Å². The SMILES string of the molecule is CC(C)CC(O)C(=O)N1CCC(C2CCN(c3ccc(S(C)(=O)=O)cc3)CC2)CC1. The van der Waals surface area contributed by atoms with E-state index >= 15 is 0 Å². The highest BCUT2D eigenvalue weighted by Crippen LogP contribution is 2.34. The molecule has 0 bridgehead atoms. The number of hydrogen-bond donors (Lipinski definition) is 1. The molecule has 2 heterocycles. The Morgan fingerprint density at radius 2 is 1.50 bits per heavy atom. The first-order valence-corrected chi connectivity index (χ1v) is 13.1. The zero-order chi connectivity index (χ0) is 21.9. The van der Waals surface area contributed by atoms with Crippen LogP contribution in [0, 0.1) is 17.8 Å². The molecular formula is C23H36N2O4S. The molecule has 2 aliphatic heterocycles. The number of rotatable bonds is 6. The first-order valence-electron chi connectivity index (χ1n) is 11.2. The average molecular weight is 437 g/mol. The van der Waals surface area contributed by atoms with Gasteiger partial charge < -0.3 is 14.9 Å². The highest BCUT2D eigenvalue weighted by Gasteiger charge is 2.32. The molecular weight excluding hydrogens is 400 g/mol. The highest BCUT2D eigenvalue weighted by molar-refractivity contribution is 7.90. The van der Waals surface area contributed by atoms with Gasteiger partial charge in [0.05, 0.1) is 4.90 Å². The first kappa shape index (κ1) is 23.1. The van der Waals surface area contributed by atoms with Gasteiger partial charge in [-0.15, -0.1) is 0 Å². The van der Waals surface area contributed by atoms with Crippen LogP contribution in [0.1, 0.15) is 46.0 Å². The minimum absolute atomic E-state index is 0.102. The van der Waals surface area contributed by atoms with Crippen LogP contribution in [0.15, 0.2) is 29.2 Å². The van der Waals surface area contributed by atoms with Crippen molar-refractivity contribution in [3.63, 3.8) is 0 Å². The molecule has 2 aliphatic rings. The van der Waals surface area contributed by atoms with E-state index in [0.29, 0.717) is 29.1 Å². The number of sulfone groups is 1. The van der Waals surface area contributed by atoms with Crippen LogP contribution in [-0.4, -0.2) is 62.9 Å². The number of amides is 1. The summed E-state index contributed by atoms with van der Waals surface area (Å²) in [5.41, 5.74) is 1.08. The molecule has 30 heavy (non-hydrogen) atoms. The van der Waals surface area contributed by atoms with E-state index in [1.54, 1.807) is 12.1 Å². The smallest absolute Gasteiger partial charge is 0.251 e. The Morgan fingerprint density at radius 1 is 1.00 bits per heavy atom. The maximum Gasteiger partial charge on any atom is 0.251 e. The maximum absolute atomic E-state index is 12.4. The third-order valence-electron chi connectivity index (χ3n) is 6.67. The predicted molar refractivity (Wildman–Crippen MR) is 119 cm³/mol. The van der Waals surface area contributed by atoms with Crippen molar-refractivity contribution in [3.8, 4) is 0 Å². The van der Waals surface area contributed by atoms with E-state index in [0.717, 1.165) is 57.5 Å². The van der Waals surface area contributed by atoms with Gasteiger partial charge in [0.15, 0.2) is 9.84 Å². The van der Waals surface area contributed by atoms with E-state index in [2.05, 4.69) is 4.90 Å². The van der Waals surface area contributed by atoms with Crippen LogP contribution in [0.5, 0.6) is 0 Å². The van der Waals surface area contributed by atoms with Gasteiger partial charge in [-0.25, -0.2) is 8.42 Å². The summed E-state index contributed by atoms with van der Waals surface area (Å²) in [7, 11) is -3.16. The number of aliphatic hydroxyl groups is 1. The minimum Gasteiger partial charge on any atom is -0.383 e. The molecule has 1 atom stereocenters. The molecule has 2 saturated heterocycles. The Morgan fingerprint density at radius 3 is 1.97 bits per heavy atom. The van der Waals surface area contributed by atoms with Crippen molar-refractivity contribution < 1.29 is 18.3 Å². The van der Waals surface area contributed by atoms with E-state index in [1.165, 1.54) is 6.26 Å². The number of likely N-dealkylation sites (tertiary alicyclic amines) is 1. The molecule has 1 unspecified atom stereocenters. The number of carbonyl (C=O) groups is 1. The van der Waals surface area contributed by atoms with Crippen LogP contribution in [-0.2, 0) is 14.6 Å². The predicted octanol–water partition coefficient (Wildman–Crippen LogP) is 2.95. The fourth-order valence-corrected chi connectivity index (χ4v) is 5.51. The Labute approximate surface area is 181 Å². The second-order valence-electron chi connectivity index (χ2n) is 9.40. The van der Waals surface area contributed by atoms with Gasteiger partial charge >= 0.3 is 0 Å². The van der Waals surface area contributed by atoms with Crippen molar-refractivity contribution in [3.05, 3.63) is 24.3 Å². The number of piperidine rings is 2. The molecule has 0 spiro atoms. The summed E-state index contributed by atoms with van der Waals surface area (Å²) >= 11 is 0. The number of anilines is 1. The number of aliphatic hydroxyl groups excluding tert-OH is 1. The van der Waals surface area contributed by atoms with Gasteiger partial charge in [-0.1, -0.05) is 13.8 Å². The Balaban J connectivity index is 1.47. The summed E-state index contributed by atoms with van der Waals surface area (Å²) in [6.45, 7) is 7.52. The molecule has 3 rings (SSSR count). The topological polar surface area (TPSA) is 77.9 Å². The van der Waals surface area contributed by atoms with Crippen molar-refractivity contribution in [1.29, 1.82) is 0 Å². The minimum atomic E-state index is -3.16. The zero-order valence-corrected chi connectivity index (χ0v) is 19.3. The monoisotopic (exact) mass is 436 g/mol. The van der Waals surface area contributed by atoms with Gasteiger partial charge in [0, 0.05) is 38.1 Å². The third kappa shape index (κ3) is 5.76. The molecule has 1 N–H and O–H groups in total. The summed E-state index contributed by atoms with van der Waals surface area (Å²) in [6.07, 6.45) is 5.20. The number of benzene rings is 1. The lowest BCUT2D eigenvalue weighted by atomic mass is 9.78. The van der Waals surface area contributed by atoms with Crippen molar-refractivity contribution in [2.45, 2.75) is 57.0 Å². The van der Waals surface area contributed by atoms with Gasteiger partial charge in [0.1, 0.15) is 6.10 Å². The van der Waals surface area contributed by atoms with Crippen molar-refractivity contribution in [2.24, 2.45) is 17.8 Å². The van der Waals surface area contributed by atoms with Crippen LogP contribution in [0.25, 0.3) is 0 Å². The lowest BCUT2D eigenvalue weighted by Crippen LogP contribution is -2.46. The van der Waals surface area contributed by atoms with Crippen molar-refractivity contribution >= 4 is 21.4 Å². The third-order valence-corrected chi connectivity index (χ3v) is 7.80. The number of nitrogens with zero attached hydrogens (tertiary/aromatic N) is 2. The van der Waals surface area contributed by atoms with E-state index in [1.807, 2.05) is 30.9 Å². The Bertz CT molecular complexity index is 806. The van der Waals surface area contributed by atoms with Crippen LogP contribution < -0.4 is 4.90 Å². The lowest BCUT2D eigenvalue weighted by molar-refractivity contribution is -0.142. The molecule has 0 saturated carbocycles. The van der Waals surface area contributed by atoms with Crippen molar-refractivity contribution in [2.75, 3.05) is 37.3 Å². The summed E-state index contributed by atoms with van der Waals surface area (Å²) < 4.78 is 23.3. The van der Waals surface area contributed by atoms with E-state index in [4.69, 9.17) is 0 Å². The highest BCUT2D eigenvalue weighted by atomic mass is 32.2. The molecule has 6 nitrogen and oxygen atoms in total. The Hall–Kier alpha value is -1.60. The second kappa shape index (κ2) is 9.69. The molecule has 2 fully saturated rings. The van der Waals surface area contributed by atoms with Crippen molar-refractivity contribution in [1.82, 2.24) is 4.90 Å². The first-order chi connectivity index (χ1) is 14.1. The molecule has 1 aromatic carbocycles. The summed E-state index contributed by atoms with van der Waals surface area (Å²) in [5, 5.41) is 10.1.